The van der Waals surface area contributed by atoms with E-state index >= 15 is 0 Å². The van der Waals surface area contributed by atoms with Crippen LogP contribution in [0, 0.1) is 5.82 Å². The number of rotatable bonds is 6. The van der Waals surface area contributed by atoms with Gasteiger partial charge < -0.3 is 14.1 Å². The first-order chi connectivity index (χ1) is 14.6. The molecule has 0 spiro atoms. The lowest BCUT2D eigenvalue weighted by molar-refractivity contribution is -0.134. The monoisotopic (exact) mass is 428 g/mol. The average Bonchev–Trinajstić information content (AvgIpc) is 3.21. The second-order valence-corrected chi connectivity index (χ2v) is 7.81. The molecule has 1 fully saturated rings. The SMILES string of the molecule is O=C(COc1ccccc1F)N1CCCC(c2ncc(Cc3cccc(Cl)c3)o2)C1. The zero-order valence-electron chi connectivity index (χ0n) is 16.4. The van der Waals surface area contributed by atoms with Gasteiger partial charge in [0, 0.05) is 24.5 Å². The van der Waals surface area contributed by atoms with Crippen LogP contribution < -0.4 is 4.74 Å². The van der Waals surface area contributed by atoms with Crippen molar-refractivity contribution in [1.82, 2.24) is 9.88 Å². The number of oxazole rings is 1. The summed E-state index contributed by atoms with van der Waals surface area (Å²) in [7, 11) is 0. The molecule has 0 aliphatic carbocycles. The van der Waals surface area contributed by atoms with Crippen LogP contribution in [0.2, 0.25) is 5.02 Å². The number of piperidine rings is 1. The number of ether oxygens (including phenoxy) is 1. The van der Waals surface area contributed by atoms with Gasteiger partial charge in [0.05, 0.1) is 12.1 Å². The van der Waals surface area contributed by atoms with Crippen LogP contribution in [-0.2, 0) is 11.2 Å². The third-order valence-corrected chi connectivity index (χ3v) is 5.39. The lowest BCUT2D eigenvalue weighted by Crippen LogP contribution is -2.41. The van der Waals surface area contributed by atoms with Crippen molar-refractivity contribution in [2.75, 3.05) is 19.7 Å². The van der Waals surface area contributed by atoms with E-state index in [4.69, 9.17) is 20.8 Å². The molecule has 1 atom stereocenters. The van der Waals surface area contributed by atoms with E-state index in [1.54, 1.807) is 23.2 Å². The van der Waals surface area contributed by atoms with E-state index in [9.17, 15) is 9.18 Å². The predicted molar refractivity (Wildman–Crippen MR) is 111 cm³/mol. The summed E-state index contributed by atoms with van der Waals surface area (Å²) in [4.78, 5) is 18.7. The Hall–Kier alpha value is -2.86. The van der Waals surface area contributed by atoms with Crippen LogP contribution in [0.3, 0.4) is 0 Å². The van der Waals surface area contributed by atoms with Gasteiger partial charge in [0.1, 0.15) is 5.76 Å². The highest BCUT2D eigenvalue weighted by molar-refractivity contribution is 6.30. The van der Waals surface area contributed by atoms with Gasteiger partial charge >= 0.3 is 0 Å². The summed E-state index contributed by atoms with van der Waals surface area (Å²) >= 11 is 6.04. The molecule has 1 amide bonds. The highest BCUT2D eigenvalue weighted by Crippen LogP contribution is 2.27. The zero-order chi connectivity index (χ0) is 20.9. The number of benzene rings is 2. The first-order valence-electron chi connectivity index (χ1n) is 9.92. The van der Waals surface area contributed by atoms with Gasteiger partial charge in [-0.3, -0.25) is 4.79 Å². The second-order valence-electron chi connectivity index (χ2n) is 7.37. The van der Waals surface area contributed by atoms with E-state index < -0.39 is 5.82 Å². The molecule has 156 valence electrons. The van der Waals surface area contributed by atoms with Crippen LogP contribution in [0.5, 0.6) is 5.75 Å². The molecule has 2 heterocycles. The smallest absolute Gasteiger partial charge is 0.260 e. The molecule has 5 nitrogen and oxygen atoms in total. The third kappa shape index (κ3) is 5.00. The van der Waals surface area contributed by atoms with Crippen molar-refractivity contribution >= 4 is 17.5 Å². The maximum atomic E-state index is 13.7. The summed E-state index contributed by atoms with van der Waals surface area (Å²) in [5.41, 5.74) is 1.05. The van der Waals surface area contributed by atoms with Crippen molar-refractivity contribution in [2.24, 2.45) is 0 Å². The molecule has 30 heavy (non-hydrogen) atoms. The molecular weight excluding hydrogens is 407 g/mol. The molecule has 1 aromatic heterocycles. The number of likely N-dealkylation sites (tertiary alicyclic amines) is 1. The van der Waals surface area contributed by atoms with Crippen LogP contribution in [-0.4, -0.2) is 35.5 Å². The summed E-state index contributed by atoms with van der Waals surface area (Å²) in [6.45, 7) is 0.960. The number of nitrogens with zero attached hydrogens (tertiary/aromatic N) is 2. The molecule has 3 aromatic rings. The standard InChI is InChI=1S/C23H22ClFN2O3/c24-18-7-3-5-16(11-18)12-19-13-26-23(30-19)17-6-4-10-27(14-17)22(28)15-29-21-9-2-1-8-20(21)25/h1-3,5,7-9,11,13,17H,4,6,10,12,14-15H2. The van der Waals surface area contributed by atoms with E-state index in [-0.39, 0.29) is 24.2 Å². The highest BCUT2D eigenvalue weighted by Gasteiger charge is 2.28. The summed E-state index contributed by atoms with van der Waals surface area (Å²) in [6, 6.07) is 13.7. The lowest BCUT2D eigenvalue weighted by Gasteiger charge is -2.31. The Balaban J connectivity index is 1.35. The van der Waals surface area contributed by atoms with Crippen LogP contribution in [0.25, 0.3) is 0 Å². The molecule has 7 heteroatoms. The van der Waals surface area contributed by atoms with Gasteiger partial charge in [-0.1, -0.05) is 35.9 Å². The maximum absolute atomic E-state index is 13.7. The number of halogens is 2. The topological polar surface area (TPSA) is 55.6 Å². The molecule has 1 saturated heterocycles. The van der Waals surface area contributed by atoms with Gasteiger partial charge in [0.2, 0.25) is 0 Å². The van der Waals surface area contributed by atoms with E-state index in [1.807, 2.05) is 24.3 Å². The van der Waals surface area contributed by atoms with Gasteiger partial charge in [0.15, 0.2) is 24.1 Å². The first kappa shape index (κ1) is 20.4. The Labute approximate surface area is 179 Å². The number of aromatic nitrogens is 1. The highest BCUT2D eigenvalue weighted by atomic mass is 35.5. The van der Waals surface area contributed by atoms with Crippen molar-refractivity contribution in [3.05, 3.63) is 82.8 Å². The molecule has 0 radical (unpaired) electrons. The Bertz CT molecular complexity index is 1020. The number of carbonyl (C=O) groups excluding carboxylic acids is 1. The summed E-state index contributed by atoms with van der Waals surface area (Å²) in [5.74, 6) is 0.864. The maximum Gasteiger partial charge on any atom is 0.260 e. The molecule has 1 aliphatic rings. The van der Waals surface area contributed by atoms with Gasteiger partial charge in [-0.25, -0.2) is 9.37 Å². The molecule has 1 aliphatic heterocycles. The fraction of sp³-hybridized carbons (Fsp3) is 0.304. The van der Waals surface area contributed by atoms with Crippen molar-refractivity contribution in [3.8, 4) is 5.75 Å². The Morgan fingerprint density at radius 2 is 2.13 bits per heavy atom. The minimum atomic E-state index is -0.478. The quantitative estimate of drug-likeness (QED) is 0.563. The normalized spacial score (nSPS) is 16.5. The van der Waals surface area contributed by atoms with Crippen molar-refractivity contribution in [2.45, 2.75) is 25.2 Å². The van der Waals surface area contributed by atoms with Crippen molar-refractivity contribution < 1.29 is 18.3 Å². The number of amides is 1. The zero-order valence-corrected chi connectivity index (χ0v) is 17.1. The first-order valence-corrected chi connectivity index (χ1v) is 10.3. The molecule has 0 saturated carbocycles. The number of hydrogen-bond acceptors (Lipinski definition) is 4. The van der Waals surface area contributed by atoms with Crippen molar-refractivity contribution in [1.29, 1.82) is 0 Å². The summed E-state index contributed by atoms with van der Waals surface area (Å²) in [5, 5.41) is 0.686. The molecule has 0 bridgehead atoms. The third-order valence-electron chi connectivity index (χ3n) is 5.15. The van der Waals surface area contributed by atoms with E-state index in [2.05, 4.69) is 4.98 Å². The largest absolute Gasteiger partial charge is 0.481 e. The van der Waals surface area contributed by atoms with Crippen LogP contribution in [0.1, 0.15) is 36.0 Å². The van der Waals surface area contributed by atoms with E-state index in [0.717, 1.165) is 24.2 Å². The lowest BCUT2D eigenvalue weighted by atomic mass is 9.98. The van der Waals surface area contributed by atoms with E-state index in [1.165, 1.54) is 12.1 Å². The van der Waals surface area contributed by atoms with Crippen LogP contribution in [0.15, 0.2) is 59.1 Å². The van der Waals surface area contributed by atoms with E-state index in [0.29, 0.717) is 30.4 Å². The fourth-order valence-electron chi connectivity index (χ4n) is 3.64. The number of carbonyl (C=O) groups is 1. The second kappa shape index (κ2) is 9.30. The van der Waals surface area contributed by atoms with Crippen molar-refractivity contribution in [3.63, 3.8) is 0 Å². The fourth-order valence-corrected chi connectivity index (χ4v) is 3.85. The summed E-state index contributed by atoms with van der Waals surface area (Å²) in [6.07, 6.45) is 4.09. The van der Waals surface area contributed by atoms with Crippen LogP contribution in [0.4, 0.5) is 4.39 Å². The summed E-state index contributed by atoms with van der Waals surface area (Å²) < 4.78 is 25.0. The molecule has 2 aromatic carbocycles. The van der Waals surface area contributed by atoms with Gasteiger partial charge in [0.25, 0.3) is 5.91 Å². The minimum Gasteiger partial charge on any atom is -0.481 e. The predicted octanol–water partition coefficient (Wildman–Crippen LogP) is 4.84. The molecule has 4 rings (SSSR count). The van der Waals surface area contributed by atoms with Crippen LogP contribution >= 0.6 is 11.6 Å². The molecule has 0 N–H and O–H groups in total. The van der Waals surface area contributed by atoms with Gasteiger partial charge in [-0.2, -0.15) is 0 Å². The average molecular weight is 429 g/mol. The Kier molecular flexibility index (Phi) is 6.33. The molecular formula is C23H22ClFN2O3. The Morgan fingerprint density at radius 1 is 1.27 bits per heavy atom. The number of para-hydroxylation sites is 1. The Morgan fingerprint density at radius 3 is 2.97 bits per heavy atom. The minimum absolute atomic E-state index is 0.0317. The van der Waals surface area contributed by atoms with Gasteiger partial charge in [-0.05, 0) is 42.7 Å². The molecule has 1 unspecified atom stereocenters. The van der Waals surface area contributed by atoms with Gasteiger partial charge in [-0.15, -0.1) is 0 Å². The number of hydrogen-bond donors (Lipinski definition) is 0.